The lowest BCUT2D eigenvalue weighted by atomic mass is 10.3. The molecule has 0 atom stereocenters. The van der Waals surface area contributed by atoms with Crippen molar-refractivity contribution in [1.82, 2.24) is 8.61 Å². The van der Waals surface area contributed by atoms with E-state index in [9.17, 15) is 46.7 Å². The quantitative estimate of drug-likeness (QED) is 0.384. The number of Topliss-reactive ketones (excluding diaryl/α,β-unsaturated/α-hetero) is 2. The molecule has 0 N–H and O–H groups in total. The Hall–Kier alpha value is -3.60. The summed E-state index contributed by atoms with van der Waals surface area (Å²) in [6, 6.07) is 7.69. The van der Waals surface area contributed by atoms with E-state index in [1.807, 2.05) is 0 Å². The van der Waals surface area contributed by atoms with Gasteiger partial charge in [-0.2, -0.15) is 8.61 Å². The molecule has 14 nitrogen and oxygen atoms in total. The number of ketones is 2. The molecule has 1 saturated heterocycles. The number of hydrogen-bond donors (Lipinski definition) is 0. The molecule has 0 amide bonds. The summed E-state index contributed by atoms with van der Waals surface area (Å²) in [7, 11) is -8.78. The van der Waals surface area contributed by atoms with Crippen LogP contribution in [0.25, 0.3) is 0 Å². The minimum Gasteiger partial charge on any atom is -0.297 e. The van der Waals surface area contributed by atoms with E-state index in [2.05, 4.69) is 0 Å². The Morgan fingerprint density at radius 2 is 0.853 bits per heavy atom. The van der Waals surface area contributed by atoms with E-state index in [1.54, 1.807) is 0 Å². The summed E-state index contributed by atoms with van der Waals surface area (Å²) < 4.78 is 52.7. The van der Waals surface area contributed by atoms with Gasteiger partial charge in [-0.05, 0) is 24.3 Å². The highest BCUT2D eigenvalue weighted by molar-refractivity contribution is 7.89. The van der Waals surface area contributed by atoms with Crippen LogP contribution in [0.2, 0.25) is 0 Å². The normalized spacial score (nSPS) is 16.6. The molecule has 1 heterocycles. The zero-order chi connectivity index (χ0) is 25.3. The molecule has 34 heavy (non-hydrogen) atoms. The summed E-state index contributed by atoms with van der Waals surface area (Å²) >= 11 is 0. The highest BCUT2D eigenvalue weighted by atomic mass is 32.2. The molecule has 1 aliphatic rings. The van der Waals surface area contributed by atoms with Gasteiger partial charge in [0.2, 0.25) is 20.0 Å². The van der Waals surface area contributed by atoms with Gasteiger partial charge < -0.3 is 0 Å². The Bertz CT molecular complexity index is 1250. The largest absolute Gasteiger partial charge is 0.297 e. The average molecular weight is 512 g/mol. The van der Waals surface area contributed by atoms with Crippen molar-refractivity contribution in [1.29, 1.82) is 0 Å². The number of nitro benzene ring substituents is 2. The molecule has 2 aromatic rings. The predicted molar refractivity (Wildman–Crippen MR) is 114 cm³/mol. The third kappa shape index (κ3) is 5.14. The van der Waals surface area contributed by atoms with E-state index in [4.69, 9.17) is 0 Å². The summed E-state index contributed by atoms with van der Waals surface area (Å²) in [6.07, 6.45) is 0. The lowest BCUT2D eigenvalue weighted by molar-refractivity contribution is -0.385. The van der Waals surface area contributed by atoms with Crippen LogP contribution in [0.4, 0.5) is 11.4 Å². The molecule has 16 heteroatoms. The van der Waals surface area contributed by atoms with Crippen molar-refractivity contribution >= 4 is 43.0 Å². The Balaban J connectivity index is 1.84. The second-order valence-electron chi connectivity index (χ2n) is 7.13. The van der Waals surface area contributed by atoms with Crippen LogP contribution >= 0.6 is 0 Å². The van der Waals surface area contributed by atoms with E-state index in [-0.39, 0.29) is 21.2 Å². The van der Waals surface area contributed by atoms with Crippen LogP contribution in [-0.2, 0) is 29.6 Å². The van der Waals surface area contributed by atoms with Gasteiger partial charge in [0, 0.05) is 24.3 Å². The van der Waals surface area contributed by atoms with Crippen molar-refractivity contribution in [2.75, 3.05) is 26.2 Å². The van der Waals surface area contributed by atoms with Crippen molar-refractivity contribution < 1.29 is 36.3 Å². The lowest BCUT2D eigenvalue weighted by Gasteiger charge is -2.28. The molecule has 0 bridgehead atoms. The zero-order valence-electron chi connectivity index (χ0n) is 17.1. The average Bonchev–Trinajstić information content (AvgIpc) is 2.77. The minimum absolute atomic E-state index is 0.356. The van der Waals surface area contributed by atoms with E-state index in [0.717, 1.165) is 48.5 Å². The SMILES string of the molecule is O=C1CN(S(=O)(=O)c2ccc([N+](=O)[O-])cc2)CC(=O)CN(S(=O)(=O)c2ccc([N+](=O)[O-])cc2)C1. The molecule has 0 unspecified atom stereocenters. The van der Waals surface area contributed by atoms with Crippen molar-refractivity contribution in [2.45, 2.75) is 9.79 Å². The Morgan fingerprint density at radius 3 is 1.09 bits per heavy atom. The molecule has 0 aromatic heterocycles. The summed E-state index contributed by atoms with van der Waals surface area (Å²) in [5.41, 5.74) is -0.711. The van der Waals surface area contributed by atoms with E-state index in [0.29, 0.717) is 8.61 Å². The third-order valence-corrected chi connectivity index (χ3v) is 8.39. The lowest BCUT2D eigenvalue weighted by Crippen LogP contribution is -2.50. The number of rotatable bonds is 6. The van der Waals surface area contributed by atoms with Crippen LogP contribution in [0, 0.1) is 20.2 Å². The van der Waals surface area contributed by atoms with Crippen molar-refractivity contribution in [3.05, 3.63) is 68.8 Å². The zero-order valence-corrected chi connectivity index (χ0v) is 18.8. The maximum Gasteiger partial charge on any atom is 0.269 e. The highest BCUT2D eigenvalue weighted by Crippen LogP contribution is 2.23. The highest BCUT2D eigenvalue weighted by Gasteiger charge is 2.36. The first kappa shape index (κ1) is 25.0. The molecule has 3 rings (SSSR count). The number of non-ortho nitro benzene ring substituents is 2. The fraction of sp³-hybridized carbons (Fsp3) is 0.222. The summed E-state index contributed by atoms with van der Waals surface area (Å²) in [4.78, 5) is 44.3. The molecule has 0 spiro atoms. The first-order valence-corrected chi connectivity index (χ1v) is 12.2. The molecule has 0 aliphatic carbocycles. The molecule has 0 radical (unpaired) electrons. The van der Waals surface area contributed by atoms with Gasteiger partial charge in [0.05, 0.1) is 45.8 Å². The summed E-state index contributed by atoms with van der Waals surface area (Å²) in [5.74, 6) is -1.66. The van der Waals surface area contributed by atoms with Crippen LogP contribution in [0.5, 0.6) is 0 Å². The van der Waals surface area contributed by atoms with Gasteiger partial charge in [-0.15, -0.1) is 0 Å². The summed E-state index contributed by atoms with van der Waals surface area (Å²) in [5, 5.41) is 21.5. The van der Waals surface area contributed by atoms with E-state index in [1.165, 1.54) is 0 Å². The fourth-order valence-corrected chi connectivity index (χ4v) is 5.93. The van der Waals surface area contributed by atoms with Crippen LogP contribution in [-0.4, -0.2) is 73.0 Å². The second-order valence-corrected chi connectivity index (χ2v) is 11.0. The van der Waals surface area contributed by atoms with Crippen molar-refractivity contribution in [3.8, 4) is 0 Å². The van der Waals surface area contributed by atoms with Crippen LogP contribution in [0.15, 0.2) is 58.3 Å². The Kier molecular flexibility index (Phi) is 6.87. The smallest absolute Gasteiger partial charge is 0.269 e. The molecular weight excluding hydrogens is 496 g/mol. The number of benzene rings is 2. The standard InChI is InChI=1S/C18H16N4O10S2/c23-15-9-19(33(29,30)17-5-1-13(2-6-17)21(25)26)10-16(24)12-20(11-15)34(31,32)18-7-3-14(4-8-18)22(27)28/h1-8H,9-12H2. The molecule has 1 fully saturated rings. The maximum atomic E-state index is 12.9. The van der Waals surface area contributed by atoms with Gasteiger partial charge in [-0.25, -0.2) is 16.8 Å². The first-order chi connectivity index (χ1) is 15.8. The summed E-state index contributed by atoms with van der Waals surface area (Å²) in [6.45, 7) is -3.23. The fourth-order valence-electron chi connectivity index (χ4n) is 3.12. The predicted octanol–water partition coefficient (Wildman–Crippen LogP) is 0.336. The Labute approximate surface area is 192 Å². The van der Waals surface area contributed by atoms with Crippen LogP contribution in [0.1, 0.15) is 0 Å². The van der Waals surface area contributed by atoms with Gasteiger partial charge in [0.25, 0.3) is 11.4 Å². The number of carbonyl (C=O) groups is 2. The molecule has 1 aliphatic heterocycles. The van der Waals surface area contributed by atoms with Gasteiger partial charge in [-0.1, -0.05) is 0 Å². The topological polar surface area (TPSA) is 195 Å². The molecular formula is C18H16N4O10S2. The number of sulfonamides is 2. The molecule has 0 saturated carbocycles. The van der Waals surface area contributed by atoms with Crippen LogP contribution in [0.3, 0.4) is 0 Å². The van der Waals surface area contributed by atoms with Gasteiger partial charge in [0.15, 0.2) is 11.6 Å². The first-order valence-electron chi connectivity index (χ1n) is 9.35. The number of nitro groups is 2. The monoisotopic (exact) mass is 512 g/mol. The van der Waals surface area contributed by atoms with Crippen LogP contribution < -0.4 is 0 Å². The Morgan fingerprint density at radius 1 is 0.588 bits per heavy atom. The van der Waals surface area contributed by atoms with Crippen molar-refractivity contribution in [3.63, 3.8) is 0 Å². The van der Waals surface area contributed by atoms with Gasteiger partial charge in [0.1, 0.15) is 0 Å². The maximum absolute atomic E-state index is 12.9. The molecule has 2 aromatic carbocycles. The minimum atomic E-state index is -4.39. The number of carbonyl (C=O) groups excluding carboxylic acids is 2. The van der Waals surface area contributed by atoms with Crippen molar-refractivity contribution in [2.24, 2.45) is 0 Å². The second kappa shape index (κ2) is 9.34. The molecule has 180 valence electrons. The number of hydrogen-bond acceptors (Lipinski definition) is 10. The van der Waals surface area contributed by atoms with E-state index >= 15 is 0 Å². The van der Waals surface area contributed by atoms with Gasteiger partial charge >= 0.3 is 0 Å². The van der Waals surface area contributed by atoms with Gasteiger partial charge in [-0.3, -0.25) is 29.8 Å². The number of nitrogens with zero attached hydrogens (tertiary/aromatic N) is 4. The third-order valence-electron chi connectivity index (χ3n) is 4.78. The van der Waals surface area contributed by atoms with E-state index < -0.39 is 67.6 Å².